The second-order valence-electron chi connectivity index (χ2n) is 5.46. The Morgan fingerprint density at radius 3 is 2.29 bits per heavy atom. The number of rotatable bonds is 6. The zero-order chi connectivity index (χ0) is 17.6. The van der Waals surface area contributed by atoms with Gasteiger partial charge in [-0.05, 0) is 31.0 Å². The number of alkyl carbamates (subject to hydrolysis) is 1. The maximum Gasteiger partial charge on any atom is 0.408 e. The Labute approximate surface area is 142 Å². The first-order valence-corrected chi connectivity index (χ1v) is 9.26. The molecule has 128 valence electrons. The Kier molecular flexibility index (Phi) is 5.98. The van der Waals surface area contributed by atoms with Crippen LogP contribution in [0.4, 0.5) is 4.79 Å². The van der Waals surface area contributed by atoms with Gasteiger partial charge in [-0.1, -0.05) is 55.0 Å². The molecule has 1 amide bonds. The fourth-order valence-electron chi connectivity index (χ4n) is 2.19. The van der Waals surface area contributed by atoms with Crippen molar-refractivity contribution in [2.24, 2.45) is 0 Å². The van der Waals surface area contributed by atoms with E-state index in [2.05, 4.69) is 5.32 Å². The van der Waals surface area contributed by atoms with Crippen LogP contribution in [0.2, 0.25) is 0 Å². The molecule has 1 unspecified atom stereocenters. The van der Waals surface area contributed by atoms with E-state index >= 15 is 0 Å². The number of amides is 1. The lowest BCUT2D eigenvalue weighted by atomic mass is 10.2. The van der Waals surface area contributed by atoms with Crippen molar-refractivity contribution in [3.05, 3.63) is 65.7 Å². The highest BCUT2D eigenvalue weighted by Gasteiger charge is 2.27. The molecule has 0 saturated heterocycles. The molecule has 1 N–H and O–H groups in total. The highest BCUT2D eigenvalue weighted by atomic mass is 32.2. The van der Waals surface area contributed by atoms with Gasteiger partial charge in [0.1, 0.15) is 12.0 Å². The van der Waals surface area contributed by atoms with Crippen LogP contribution in [-0.2, 0) is 21.2 Å². The van der Waals surface area contributed by atoms with Crippen molar-refractivity contribution in [1.82, 2.24) is 5.32 Å². The number of sulfone groups is 1. The number of carbonyl (C=O) groups excluding carboxylic acids is 1. The van der Waals surface area contributed by atoms with E-state index in [1.54, 1.807) is 31.2 Å². The van der Waals surface area contributed by atoms with Gasteiger partial charge in [0.15, 0.2) is 9.84 Å². The topological polar surface area (TPSA) is 72.5 Å². The third-order valence-electron chi connectivity index (χ3n) is 3.59. The third kappa shape index (κ3) is 4.58. The van der Waals surface area contributed by atoms with Crippen molar-refractivity contribution in [3.63, 3.8) is 0 Å². The van der Waals surface area contributed by atoms with Gasteiger partial charge in [0, 0.05) is 0 Å². The van der Waals surface area contributed by atoms with Crippen LogP contribution in [0.5, 0.6) is 0 Å². The van der Waals surface area contributed by atoms with Crippen molar-refractivity contribution in [1.29, 1.82) is 0 Å². The average Bonchev–Trinajstić information content (AvgIpc) is 2.59. The number of carbonyl (C=O) groups is 1. The molecule has 0 aliphatic heterocycles. The first-order chi connectivity index (χ1) is 11.4. The molecule has 0 spiro atoms. The summed E-state index contributed by atoms with van der Waals surface area (Å²) in [4.78, 5) is 12.1. The molecule has 0 aromatic heterocycles. The standard InChI is InChI=1S/C18H21NO4S/c1-3-17(24(21,22)16-11-9-14(2)10-12-16)19-18(20)23-13-15-7-5-4-6-8-15/h4-12,17H,3,13H2,1-2H3,(H,19,20). The maximum atomic E-state index is 12.6. The van der Waals surface area contributed by atoms with Crippen molar-refractivity contribution in [2.75, 3.05) is 0 Å². The van der Waals surface area contributed by atoms with Gasteiger partial charge in [0.25, 0.3) is 0 Å². The molecule has 6 heteroatoms. The fourth-order valence-corrected chi connectivity index (χ4v) is 3.72. The molecule has 5 nitrogen and oxygen atoms in total. The number of ether oxygens (including phenoxy) is 1. The molecule has 0 aliphatic rings. The first kappa shape index (κ1) is 18.0. The van der Waals surface area contributed by atoms with Crippen LogP contribution in [0.3, 0.4) is 0 Å². The summed E-state index contributed by atoms with van der Waals surface area (Å²) >= 11 is 0. The lowest BCUT2D eigenvalue weighted by Crippen LogP contribution is -2.40. The van der Waals surface area contributed by atoms with E-state index in [-0.39, 0.29) is 17.9 Å². The van der Waals surface area contributed by atoms with Crippen LogP contribution in [0, 0.1) is 6.92 Å². The van der Waals surface area contributed by atoms with Gasteiger partial charge in [-0.15, -0.1) is 0 Å². The molecule has 0 radical (unpaired) electrons. The normalized spacial score (nSPS) is 12.4. The number of hydrogen-bond acceptors (Lipinski definition) is 4. The van der Waals surface area contributed by atoms with Gasteiger partial charge in [0.2, 0.25) is 0 Å². The number of nitrogens with one attached hydrogen (secondary N) is 1. The van der Waals surface area contributed by atoms with Gasteiger partial charge in [-0.25, -0.2) is 13.2 Å². The van der Waals surface area contributed by atoms with E-state index in [0.717, 1.165) is 11.1 Å². The SMILES string of the molecule is CCC(NC(=O)OCc1ccccc1)S(=O)(=O)c1ccc(C)cc1. The molecule has 0 saturated carbocycles. The van der Waals surface area contributed by atoms with Crippen LogP contribution < -0.4 is 5.32 Å². The van der Waals surface area contributed by atoms with Gasteiger partial charge >= 0.3 is 6.09 Å². The quantitative estimate of drug-likeness (QED) is 0.869. The van der Waals surface area contributed by atoms with Crippen molar-refractivity contribution < 1.29 is 17.9 Å². The number of aryl methyl sites for hydroxylation is 1. The Morgan fingerprint density at radius 1 is 1.08 bits per heavy atom. The van der Waals surface area contributed by atoms with Gasteiger partial charge in [-0.2, -0.15) is 0 Å². The van der Waals surface area contributed by atoms with Crippen LogP contribution in [0.15, 0.2) is 59.5 Å². The highest BCUT2D eigenvalue weighted by Crippen LogP contribution is 2.17. The lowest BCUT2D eigenvalue weighted by molar-refractivity contribution is 0.138. The maximum absolute atomic E-state index is 12.6. The third-order valence-corrected chi connectivity index (χ3v) is 5.72. The highest BCUT2D eigenvalue weighted by molar-refractivity contribution is 7.92. The molecule has 2 rings (SSSR count). The number of benzene rings is 2. The molecular formula is C18H21NO4S. The number of hydrogen-bond donors (Lipinski definition) is 1. The molecule has 1 atom stereocenters. The molecule has 0 fully saturated rings. The van der Waals surface area contributed by atoms with Crippen LogP contribution in [-0.4, -0.2) is 19.9 Å². The Hall–Kier alpha value is -2.34. The smallest absolute Gasteiger partial charge is 0.408 e. The van der Waals surface area contributed by atoms with E-state index in [1.165, 1.54) is 0 Å². The van der Waals surface area contributed by atoms with Crippen molar-refractivity contribution in [3.8, 4) is 0 Å². The summed E-state index contributed by atoms with van der Waals surface area (Å²) in [7, 11) is -3.66. The minimum Gasteiger partial charge on any atom is -0.445 e. The predicted molar refractivity (Wildman–Crippen MR) is 92.2 cm³/mol. The van der Waals surface area contributed by atoms with Gasteiger partial charge in [0.05, 0.1) is 4.90 Å². The Balaban J connectivity index is 2.02. The fraction of sp³-hybridized carbons (Fsp3) is 0.278. The average molecular weight is 347 g/mol. The molecule has 2 aromatic rings. The van der Waals surface area contributed by atoms with Crippen LogP contribution in [0.1, 0.15) is 24.5 Å². The zero-order valence-electron chi connectivity index (χ0n) is 13.7. The molecule has 0 aliphatic carbocycles. The van der Waals surface area contributed by atoms with E-state index in [9.17, 15) is 13.2 Å². The summed E-state index contributed by atoms with van der Waals surface area (Å²) < 4.78 is 30.3. The second-order valence-corrected chi connectivity index (χ2v) is 7.59. The summed E-state index contributed by atoms with van der Waals surface area (Å²) in [5, 5.41) is 1.42. The van der Waals surface area contributed by atoms with E-state index in [4.69, 9.17) is 4.74 Å². The van der Waals surface area contributed by atoms with E-state index < -0.39 is 21.3 Å². The summed E-state index contributed by atoms with van der Waals surface area (Å²) in [6.07, 6.45) is -0.502. The summed E-state index contributed by atoms with van der Waals surface area (Å²) in [6.45, 7) is 3.68. The van der Waals surface area contributed by atoms with Gasteiger partial charge < -0.3 is 10.1 Å². The first-order valence-electron chi connectivity index (χ1n) is 7.71. The monoisotopic (exact) mass is 347 g/mol. The van der Waals surface area contributed by atoms with Crippen LogP contribution >= 0.6 is 0 Å². The molecule has 0 heterocycles. The Morgan fingerprint density at radius 2 is 1.71 bits per heavy atom. The molecule has 24 heavy (non-hydrogen) atoms. The predicted octanol–water partition coefficient (Wildman–Crippen LogP) is 3.43. The molecule has 2 aromatic carbocycles. The zero-order valence-corrected chi connectivity index (χ0v) is 14.5. The second kappa shape index (κ2) is 7.97. The van der Waals surface area contributed by atoms with Gasteiger partial charge in [-0.3, -0.25) is 0 Å². The van der Waals surface area contributed by atoms with E-state index in [0.29, 0.717) is 0 Å². The minimum atomic E-state index is -3.66. The van der Waals surface area contributed by atoms with E-state index in [1.807, 2.05) is 37.3 Å². The van der Waals surface area contributed by atoms with Crippen LogP contribution in [0.25, 0.3) is 0 Å². The summed E-state index contributed by atoms with van der Waals surface area (Å²) in [5.41, 5.74) is 1.80. The Bertz CT molecular complexity index is 770. The molecule has 0 bridgehead atoms. The summed E-state index contributed by atoms with van der Waals surface area (Å²) in [5.74, 6) is 0. The minimum absolute atomic E-state index is 0.0910. The largest absolute Gasteiger partial charge is 0.445 e. The summed E-state index contributed by atoms with van der Waals surface area (Å²) in [6, 6.07) is 15.8. The van der Waals surface area contributed by atoms with Crippen molar-refractivity contribution >= 4 is 15.9 Å². The van der Waals surface area contributed by atoms with Crippen molar-refractivity contribution in [2.45, 2.75) is 37.1 Å². The lowest BCUT2D eigenvalue weighted by Gasteiger charge is -2.17. The molecular weight excluding hydrogens is 326 g/mol.